The van der Waals surface area contributed by atoms with Gasteiger partial charge in [0.05, 0.1) is 16.3 Å². The first-order valence-corrected chi connectivity index (χ1v) is 5.72. The molecule has 1 N–H and O–H groups in total. The summed E-state index contributed by atoms with van der Waals surface area (Å²) in [4.78, 5) is 14.7. The molecule has 7 heteroatoms. The normalized spacial score (nSPS) is 10.2. The fourth-order valence-electron chi connectivity index (χ4n) is 1.54. The van der Waals surface area contributed by atoms with Crippen LogP contribution in [0.1, 0.15) is 17.0 Å². The van der Waals surface area contributed by atoms with Crippen LogP contribution < -0.4 is 5.32 Å². The number of nitro groups is 1. The summed E-state index contributed by atoms with van der Waals surface area (Å²) in [6.45, 7) is 3.93. The second-order valence-electron chi connectivity index (χ2n) is 4.05. The molecule has 0 fully saturated rings. The monoisotopic (exact) mass is 259 g/mol. The van der Waals surface area contributed by atoms with Crippen molar-refractivity contribution in [3.63, 3.8) is 0 Å². The summed E-state index contributed by atoms with van der Waals surface area (Å²) in [5.74, 6) is 0.362. The number of nitrogens with one attached hydrogen (secondary N) is 1. The lowest BCUT2D eigenvalue weighted by molar-refractivity contribution is -0.385. The molecule has 0 saturated heterocycles. The van der Waals surface area contributed by atoms with E-state index in [-0.39, 0.29) is 12.2 Å². The summed E-state index contributed by atoms with van der Waals surface area (Å²) in [6.07, 6.45) is 0. The van der Waals surface area contributed by atoms with E-state index in [1.807, 2.05) is 13.8 Å². The van der Waals surface area contributed by atoms with Crippen LogP contribution in [0.2, 0.25) is 0 Å². The molecule has 1 heterocycles. The number of nitro benzene ring substituents is 1. The molecule has 7 nitrogen and oxygen atoms in total. The third-order valence-corrected chi connectivity index (χ3v) is 2.72. The molecular formula is C12H13N5O2. The molecule has 0 spiro atoms. The van der Waals surface area contributed by atoms with E-state index in [1.54, 1.807) is 18.2 Å². The van der Waals surface area contributed by atoms with Gasteiger partial charge in [-0.2, -0.15) is 5.10 Å². The largest absolute Gasteiger partial charge is 0.349 e. The zero-order chi connectivity index (χ0) is 13.8. The number of nitrogens with zero attached hydrogens (tertiary/aromatic N) is 4. The minimum Gasteiger partial charge on any atom is -0.349 e. The molecule has 0 amide bonds. The average Bonchev–Trinajstić information content (AvgIpc) is 2.40. The second kappa shape index (κ2) is 5.38. The quantitative estimate of drug-likeness (QED) is 0.666. The third-order valence-electron chi connectivity index (χ3n) is 2.72. The van der Waals surface area contributed by atoms with Crippen molar-refractivity contribution in [3.8, 4) is 0 Å². The fraction of sp³-hybridized carbons (Fsp3) is 0.250. The van der Waals surface area contributed by atoms with Crippen LogP contribution in [0, 0.1) is 24.0 Å². The summed E-state index contributed by atoms with van der Waals surface area (Å²) in [5, 5.41) is 21.6. The first kappa shape index (κ1) is 12.9. The highest BCUT2D eigenvalue weighted by molar-refractivity contribution is 5.42. The second-order valence-corrected chi connectivity index (χ2v) is 4.05. The molecule has 0 atom stereocenters. The molecule has 0 aliphatic carbocycles. The van der Waals surface area contributed by atoms with Crippen molar-refractivity contribution in [2.45, 2.75) is 20.4 Å². The SMILES string of the molecule is Cc1nnc(NCc2ccccc2[N+](=O)[O-])nc1C. The minimum atomic E-state index is -0.406. The van der Waals surface area contributed by atoms with Gasteiger partial charge >= 0.3 is 0 Å². The molecular weight excluding hydrogens is 246 g/mol. The van der Waals surface area contributed by atoms with Gasteiger partial charge in [0.1, 0.15) is 0 Å². The number of para-hydroxylation sites is 1. The Morgan fingerprint density at radius 1 is 1.21 bits per heavy atom. The van der Waals surface area contributed by atoms with Gasteiger partial charge in [-0.15, -0.1) is 5.10 Å². The lowest BCUT2D eigenvalue weighted by atomic mass is 10.2. The van der Waals surface area contributed by atoms with Crippen LogP contribution in [0.25, 0.3) is 0 Å². The van der Waals surface area contributed by atoms with Crippen LogP contribution in [0.15, 0.2) is 24.3 Å². The van der Waals surface area contributed by atoms with Gasteiger partial charge < -0.3 is 5.32 Å². The Kier molecular flexibility index (Phi) is 3.65. The predicted octanol–water partition coefficient (Wildman–Crippen LogP) is 2.01. The van der Waals surface area contributed by atoms with Gasteiger partial charge in [0, 0.05) is 18.2 Å². The Hall–Kier alpha value is -2.57. The number of hydrogen-bond donors (Lipinski definition) is 1. The first-order valence-electron chi connectivity index (χ1n) is 5.72. The van der Waals surface area contributed by atoms with E-state index >= 15 is 0 Å². The Bertz CT molecular complexity index is 615. The highest BCUT2D eigenvalue weighted by Crippen LogP contribution is 2.18. The van der Waals surface area contributed by atoms with E-state index in [0.717, 1.165) is 11.4 Å². The van der Waals surface area contributed by atoms with E-state index in [2.05, 4.69) is 20.5 Å². The summed E-state index contributed by atoms with van der Waals surface area (Å²) < 4.78 is 0. The number of anilines is 1. The molecule has 1 aromatic carbocycles. The van der Waals surface area contributed by atoms with Crippen molar-refractivity contribution in [2.75, 3.05) is 5.32 Å². The Morgan fingerprint density at radius 2 is 1.95 bits per heavy atom. The number of benzene rings is 1. The van der Waals surface area contributed by atoms with E-state index in [9.17, 15) is 10.1 Å². The van der Waals surface area contributed by atoms with Crippen LogP contribution in [-0.2, 0) is 6.54 Å². The van der Waals surface area contributed by atoms with E-state index in [4.69, 9.17) is 0 Å². The zero-order valence-corrected chi connectivity index (χ0v) is 10.6. The minimum absolute atomic E-state index is 0.0757. The molecule has 0 unspecified atom stereocenters. The maximum atomic E-state index is 10.9. The van der Waals surface area contributed by atoms with Gasteiger partial charge in [0.2, 0.25) is 5.95 Å². The highest BCUT2D eigenvalue weighted by atomic mass is 16.6. The highest BCUT2D eigenvalue weighted by Gasteiger charge is 2.12. The molecule has 0 aliphatic heterocycles. The predicted molar refractivity (Wildman–Crippen MR) is 69.7 cm³/mol. The summed E-state index contributed by atoms with van der Waals surface area (Å²) >= 11 is 0. The molecule has 0 radical (unpaired) electrons. The lowest BCUT2D eigenvalue weighted by Gasteiger charge is -2.06. The van der Waals surface area contributed by atoms with Crippen molar-refractivity contribution in [1.29, 1.82) is 0 Å². The van der Waals surface area contributed by atoms with Gasteiger partial charge in [0.15, 0.2) is 0 Å². The Morgan fingerprint density at radius 3 is 2.63 bits per heavy atom. The molecule has 0 aliphatic rings. The van der Waals surface area contributed by atoms with Gasteiger partial charge in [-0.3, -0.25) is 10.1 Å². The van der Waals surface area contributed by atoms with Gasteiger partial charge in [-0.25, -0.2) is 4.98 Å². The van der Waals surface area contributed by atoms with Crippen molar-refractivity contribution in [2.24, 2.45) is 0 Å². The fourth-order valence-corrected chi connectivity index (χ4v) is 1.54. The zero-order valence-electron chi connectivity index (χ0n) is 10.6. The molecule has 19 heavy (non-hydrogen) atoms. The maximum absolute atomic E-state index is 10.9. The van der Waals surface area contributed by atoms with E-state index in [1.165, 1.54) is 6.07 Å². The molecule has 1 aromatic heterocycles. The van der Waals surface area contributed by atoms with Gasteiger partial charge in [-0.1, -0.05) is 18.2 Å². The van der Waals surface area contributed by atoms with Crippen molar-refractivity contribution >= 4 is 11.6 Å². The summed E-state index contributed by atoms with van der Waals surface area (Å²) in [5.41, 5.74) is 2.19. The third kappa shape index (κ3) is 3.01. The Labute approximate surface area is 109 Å². The number of hydrogen-bond acceptors (Lipinski definition) is 6. The van der Waals surface area contributed by atoms with Crippen LogP contribution in [-0.4, -0.2) is 20.1 Å². The summed E-state index contributed by atoms with van der Waals surface area (Å²) in [6, 6.07) is 6.55. The van der Waals surface area contributed by atoms with E-state index in [0.29, 0.717) is 11.5 Å². The van der Waals surface area contributed by atoms with Crippen LogP contribution in [0.4, 0.5) is 11.6 Å². The van der Waals surface area contributed by atoms with Crippen molar-refractivity contribution < 1.29 is 4.92 Å². The number of aryl methyl sites for hydroxylation is 2. The lowest BCUT2D eigenvalue weighted by Crippen LogP contribution is -2.08. The molecule has 2 aromatic rings. The van der Waals surface area contributed by atoms with Crippen molar-refractivity contribution in [3.05, 3.63) is 51.3 Å². The molecule has 0 saturated carbocycles. The number of aromatic nitrogens is 3. The van der Waals surface area contributed by atoms with Gasteiger partial charge in [-0.05, 0) is 13.8 Å². The summed E-state index contributed by atoms with van der Waals surface area (Å²) in [7, 11) is 0. The van der Waals surface area contributed by atoms with Crippen molar-refractivity contribution in [1.82, 2.24) is 15.2 Å². The van der Waals surface area contributed by atoms with Crippen LogP contribution in [0.3, 0.4) is 0 Å². The maximum Gasteiger partial charge on any atom is 0.274 e. The van der Waals surface area contributed by atoms with Gasteiger partial charge in [0.25, 0.3) is 5.69 Å². The van der Waals surface area contributed by atoms with Crippen LogP contribution in [0.5, 0.6) is 0 Å². The van der Waals surface area contributed by atoms with Crippen LogP contribution >= 0.6 is 0 Å². The molecule has 98 valence electrons. The standard InChI is InChI=1S/C12H13N5O2/c1-8-9(2)15-16-12(14-8)13-7-10-5-3-4-6-11(10)17(18)19/h3-6H,7H2,1-2H3,(H,13,14,16). The smallest absolute Gasteiger partial charge is 0.274 e. The molecule has 0 bridgehead atoms. The molecule has 2 rings (SSSR count). The topological polar surface area (TPSA) is 93.8 Å². The Balaban J connectivity index is 2.14. The number of rotatable bonds is 4. The van der Waals surface area contributed by atoms with E-state index < -0.39 is 4.92 Å². The average molecular weight is 259 g/mol. The first-order chi connectivity index (χ1) is 9.08.